The van der Waals surface area contributed by atoms with Crippen LogP contribution in [0, 0.1) is 16.0 Å². The van der Waals surface area contributed by atoms with Crippen molar-refractivity contribution in [2.24, 2.45) is 5.92 Å². The van der Waals surface area contributed by atoms with Crippen LogP contribution in [0.1, 0.15) is 19.4 Å². The molecule has 0 aromatic heterocycles. The van der Waals surface area contributed by atoms with Crippen LogP contribution in [0.4, 0.5) is 11.4 Å². The van der Waals surface area contributed by atoms with Crippen LogP contribution < -0.4 is 10.1 Å². The molecule has 0 bridgehead atoms. The number of nitro benzene ring substituents is 1. The molecule has 1 aliphatic rings. The fourth-order valence-corrected chi connectivity index (χ4v) is 3.33. The first-order valence-corrected chi connectivity index (χ1v) is 9.56. The lowest BCUT2D eigenvalue weighted by molar-refractivity contribution is -0.384. The number of benzene rings is 2. The number of imide groups is 1. The molecule has 2 aromatic rings. The predicted molar refractivity (Wildman–Crippen MR) is 113 cm³/mol. The number of carbonyl (C=O) groups is 2. The van der Waals surface area contributed by atoms with Crippen LogP contribution in [0.25, 0.3) is 5.57 Å². The summed E-state index contributed by atoms with van der Waals surface area (Å²) in [7, 11) is 1.48. The van der Waals surface area contributed by atoms with Gasteiger partial charge < -0.3 is 10.1 Å². The van der Waals surface area contributed by atoms with Gasteiger partial charge in [0.15, 0.2) is 0 Å². The van der Waals surface area contributed by atoms with Crippen LogP contribution in [0.5, 0.6) is 5.75 Å². The van der Waals surface area contributed by atoms with Crippen molar-refractivity contribution in [2.75, 3.05) is 19.0 Å². The van der Waals surface area contributed by atoms with Gasteiger partial charge in [-0.3, -0.25) is 24.6 Å². The fourth-order valence-electron chi connectivity index (χ4n) is 3.15. The molecule has 0 fully saturated rings. The molecule has 1 N–H and O–H groups in total. The zero-order valence-corrected chi connectivity index (χ0v) is 17.4. The minimum absolute atomic E-state index is 0.0649. The maximum absolute atomic E-state index is 13.1. The smallest absolute Gasteiger partial charge is 0.278 e. The van der Waals surface area contributed by atoms with Gasteiger partial charge in [0.25, 0.3) is 17.5 Å². The maximum atomic E-state index is 13.1. The number of rotatable bonds is 7. The lowest BCUT2D eigenvalue weighted by atomic mass is 10.0. The van der Waals surface area contributed by atoms with Crippen LogP contribution in [-0.4, -0.2) is 35.3 Å². The number of non-ortho nitro benzene ring substituents is 1. The highest BCUT2D eigenvalue weighted by atomic mass is 35.5. The minimum atomic E-state index is -0.527. The molecule has 0 saturated heterocycles. The van der Waals surface area contributed by atoms with Crippen LogP contribution in [0.3, 0.4) is 0 Å². The van der Waals surface area contributed by atoms with Crippen LogP contribution in [-0.2, 0) is 9.59 Å². The van der Waals surface area contributed by atoms with Crippen LogP contribution in [0.15, 0.2) is 48.2 Å². The molecule has 8 nitrogen and oxygen atoms in total. The average molecular weight is 430 g/mol. The second-order valence-corrected chi connectivity index (χ2v) is 7.57. The lowest BCUT2D eigenvalue weighted by Crippen LogP contribution is -2.35. The van der Waals surface area contributed by atoms with E-state index in [9.17, 15) is 19.7 Å². The molecule has 2 amide bonds. The predicted octanol–water partition coefficient (Wildman–Crippen LogP) is 4.10. The fraction of sp³-hybridized carbons (Fsp3) is 0.238. The molecule has 0 unspecified atom stereocenters. The Hall–Kier alpha value is -3.39. The van der Waals surface area contributed by atoms with Gasteiger partial charge in [-0.05, 0) is 41.8 Å². The molecule has 1 aliphatic heterocycles. The summed E-state index contributed by atoms with van der Waals surface area (Å²) in [4.78, 5) is 37.8. The van der Waals surface area contributed by atoms with Gasteiger partial charge in [-0.25, -0.2) is 0 Å². The topological polar surface area (TPSA) is 102 Å². The first-order chi connectivity index (χ1) is 14.2. The van der Waals surface area contributed by atoms with Crippen molar-refractivity contribution in [3.05, 3.63) is 68.9 Å². The quantitative estimate of drug-likeness (QED) is 0.404. The summed E-state index contributed by atoms with van der Waals surface area (Å²) in [6.45, 7) is 4.04. The van der Waals surface area contributed by atoms with E-state index in [1.165, 1.54) is 36.3 Å². The third-order valence-electron chi connectivity index (χ3n) is 4.50. The summed E-state index contributed by atoms with van der Waals surface area (Å²) in [5, 5.41) is 14.4. The average Bonchev–Trinajstić information content (AvgIpc) is 2.92. The highest BCUT2D eigenvalue weighted by molar-refractivity contribution is 6.36. The highest BCUT2D eigenvalue weighted by Crippen LogP contribution is 2.35. The van der Waals surface area contributed by atoms with Crippen molar-refractivity contribution in [3.63, 3.8) is 0 Å². The number of nitrogens with one attached hydrogen (secondary N) is 1. The molecule has 3 rings (SSSR count). The second kappa shape index (κ2) is 8.54. The Morgan fingerprint density at radius 2 is 1.80 bits per heavy atom. The van der Waals surface area contributed by atoms with Gasteiger partial charge in [-0.15, -0.1) is 0 Å². The summed E-state index contributed by atoms with van der Waals surface area (Å²) in [5.41, 5.74) is 0.912. The number of nitrogens with zero attached hydrogens (tertiary/aromatic N) is 2. The third kappa shape index (κ3) is 4.13. The molecule has 1 heterocycles. The monoisotopic (exact) mass is 429 g/mol. The van der Waals surface area contributed by atoms with Crippen molar-refractivity contribution in [3.8, 4) is 5.75 Å². The molecule has 9 heteroatoms. The van der Waals surface area contributed by atoms with Crippen molar-refractivity contribution >= 4 is 40.4 Å². The number of carbonyl (C=O) groups excluding carboxylic acids is 2. The summed E-state index contributed by atoms with van der Waals surface area (Å²) < 4.78 is 5.32. The van der Waals surface area contributed by atoms with Gasteiger partial charge in [0.1, 0.15) is 11.4 Å². The molecular formula is C21H20ClN3O5. The van der Waals surface area contributed by atoms with E-state index in [2.05, 4.69) is 5.32 Å². The number of amides is 2. The molecular weight excluding hydrogens is 410 g/mol. The van der Waals surface area contributed by atoms with Gasteiger partial charge in [0, 0.05) is 23.7 Å². The molecule has 2 aromatic carbocycles. The zero-order chi connectivity index (χ0) is 22.0. The second-order valence-electron chi connectivity index (χ2n) is 7.14. The lowest BCUT2D eigenvalue weighted by Gasteiger charge is -2.17. The number of hydrogen-bond acceptors (Lipinski definition) is 6. The number of methoxy groups -OCH3 is 1. The molecule has 0 radical (unpaired) electrons. The van der Waals surface area contributed by atoms with E-state index in [1.807, 2.05) is 13.8 Å². The first kappa shape index (κ1) is 21.3. The molecule has 0 spiro atoms. The van der Waals surface area contributed by atoms with E-state index in [0.29, 0.717) is 22.0 Å². The number of anilines is 1. The maximum Gasteiger partial charge on any atom is 0.278 e. The number of nitro groups is 1. The minimum Gasteiger partial charge on any atom is -0.495 e. The number of hydrogen-bond donors (Lipinski definition) is 1. The summed E-state index contributed by atoms with van der Waals surface area (Å²) >= 11 is 6.08. The normalized spacial score (nSPS) is 14.0. The van der Waals surface area contributed by atoms with Gasteiger partial charge in [0.2, 0.25) is 0 Å². The Morgan fingerprint density at radius 1 is 1.13 bits per heavy atom. The Kier molecular flexibility index (Phi) is 6.07. The van der Waals surface area contributed by atoms with E-state index in [4.69, 9.17) is 16.3 Å². The van der Waals surface area contributed by atoms with E-state index >= 15 is 0 Å². The Balaban J connectivity index is 2.11. The van der Waals surface area contributed by atoms with Crippen molar-refractivity contribution in [1.29, 1.82) is 0 Å². The van der Waals surface area contributed by atoms with Crippen molar-refractivity contribution < 1.29 is 19.2 Å². The molecule has 0 atom stereocenters. The standard InChI is InChI=1S/C21H20ClN3O5/c1-12(2)11-24-20(26)18(13-4-7-15(8-5-13)25(28)29)19(21(24)27)23-16-10-14(22)6-9-17(16)30-3/h4-10,12,23H,11H2,1-3H3. The number of ether oxygens (including phenoxy) is 1. The Morgan fingerprint density at radius 3 is 2.37 bits per heavy atom. The van der Waals surface area contributed by atoms with E-state index in [-0.39, 0.29) is 29.4 Å². The first-order valence-electron chi connectivity index (χ1n) is 9.18. The Bertz CT molecular complexity index is 1050. The molecule has 0 saturated carbocycles. The van der Waals surface area contributed by atoms with Crippen LogP contribution >= 0.6 is 11.6 Å². The highest BCUT2D eigenvalue weighted by Gasteiger charge is 2.39. The van der Waals surface area contributed by atoms with E-state index < -0.39 is 16.7 Å². The van der Waals surface area contributed by atoms with Crippen LogP contribution in [0.2, 0.25) is 5.02 Å². The van der Waals surface area contributed by atoms with E-state index in [0.717, 1.165) is 0 Å². The van der Waals surface area contributed by atoms with Gasteiger partial charge >= 0.3 is 0 Å². The largest absolute Gasteiger partial charge is 0.495 e. The SMILES string of the molecule is COc1ccc(Cl)cc1NC1=C(c2ccc([N+](=O)[O-])cc2)C(=O)N(CC(C)C)C1=O. The molecule has 30 heavy (non-hydrogen) atoms. The van der Waals surface area contributed by atoms with Crippen molar-refractivity contribution in [1.82, 2.24) is 4.90 Å². The van der Waals surface area contributed by atoms with E-state index in [1.54, 1.807) is 18.2 Å². The number of halogens is 1. The summed E-state index contributed by atoms with van der Waals surface area (Å²) in [5.74, 6) is -0.441. The third-order valence-corrected chi connectivity index (χ3v) is 4.74. The van der Waals surface area contributed by atoms with Gasteiger partial charge in [-0.2, -0.15) is 0 Å². The summed E-state index contributed by atoms with van der Waals surface area (Å²) in [6, 6.07) is 10.4. The molecule has 156 valence electrons. The Labute approximate surface area is 178 Å². The zero-order valence-electron chi connectivity index (χ0n) is 16.6. The van der Waals surface area contributed by atoms with Gasteiger partial charge in [0.05, 0.1) is 23.3 Å². The molecule has 0 aliphatic carbocycles. The van der Waals surface area contributed by atoms with Gasteiger partial charge in [-0.1, -0.05) is 25.4 Å². The van der Waals surface area contributed by atoms with Crippen molar-refractivity contribution in [2.45, 2.75) is 13.8 Å². The summed E-state index contributed by atoms with van der Waals surface area (Å²) in [6.07, 6.45) is 0.